The molecule has 0 aliphatic rings. The Labute approximate surface area is 154 Å². The number of aryl methyl sites for hydroxylation is 2. The van der Waals surface area contributed by atoms with Gasteiger partial charge in [-0.1, -0.05) is 17.7 Å². The molecular formula is C21H24N2O3. The van der Waals surface area contributed by atoms with Gasteiger partial charge in [-0.2, -0.15) is 0 Å². The highest BCUT2D eigenvalue weighted by molar-refractivity contribution is 5.97. The van der Waals surface area contributed by atoms with Crippen molar-refractivity contribution in [3.63, 3.8) is 0 Å². The van der Waals surface area contributed by atoms with Gasteiger partial charge < -0.3 is 10.2 Å². The van der Waals surface area contributed by atoms with E-state index in [1.165, 1.54) is 18.7 Å². The van der Waals surface area contributed by atoms with Gasteiger partial charge in [-0.25, -0.2) is 0 Å². The Morgan fingerprint density at radius 3 is 2.15 bits per heavy atom. The van der Waals surface area contributed by atoms with Crippen LogP contribution in [0.5, 0.6) is 0 Å². The zero-order chi connectivity index (χ0) is 19.3. The van der Waals surface area contributed by atoms with Crippen LogP contribution in [0, 0.1) is 13.8 Å². The summed E-state index contributed by atoms with van der Waals surface area (Å²) in [6.07, 6.45) is 0.182. The molecule has 0 radical (unpaired) electrons. The highest BCUT2D eigenvalue weighted by Gasteiger charge is 2.14. The lowest BCUT2D eigenvalue weighted by atomic mass is 10.1. The lowest BCUT2D eigenvalue weighted by molar-refractivity contribution is -0.117. The van der Waals surface area contributed by atoms with Crippen molar-refractivity contribution in [2.24, 2.45) is 0 Å². The van der Waals surface area contributed by atoms with Crippen molar-refractivity contribution in [3.8, 4) is 0 Å². The Balaban J connectivity index is 2.02. The molecule has 0 atom stereocenters. The van der Waals surface area contributed by atoms with Crippen LogP contribution in [0.25, 0.3) is 0 Å². The number of Topliss-reactive ketones (excluding diaryl/α,β-unsaturated/α-hetero) is 1. The standard InChI is InChI=1S/C21H24N2O3/c1-14-5-10-20(15(2)13-14)22-21(26)11-12-23(17(4)25)19-8-6-18(7-9-19)16(3)24/h5-10,13H,11-12H2,1-4H3,(H,22,26). The monoisotopic (exact) mass is 352 g/mol. The Morgan fingerprint density at radius 1 is 0.962 bits per heavy atom. The first-order valence-electron chi connectivity index (χ1n) is 8.54. The summed E-state index contributed by atoms with van der Waals surface area (Å²) in [5.41, 5.74) is 4.17. The van der Waals surface area contributed by atoms with E-state index in [1.807, 2.05) is 32.0 Å². The quantitative estimate of drug-likeness (QED) is 0.802. The summed E-state index contributed by atoms with van der Waals surface area (Å²) in [6, 6.07) is 12.6. The van der Waals surface area contributed by atoms with Crippen LogP contribution in [0.2, 0.25) is 0 Å². The predicted molar refractivity (Wildman–Crippen MR) is 104 cm³/mol. The predicted octanol–water partition coefficient (Wildman–Crippen LogP) is 3.89. The SMILES string of the molecule is CC(=O)c1ccc(N(CCC(=O)Nc2ccc(C)cc2C)C(C)=O)cc1. The van der Waals surface area contributed by atoms with Crippen molar-refractivity contribution in [1.29, 1.82) is 0 Å². The molecule has 0 bridgehead atoms. The van der Waals surface area contributed by atoms with Crippen molar-refractivity contribution < 1.29 is 14.4 Å². The van der Waals surface area contributed by atoms with Gasteiger partial charge >= 0.3 is 0 Å². The number of carbonyl (C=O) groups excluding carboxylic acids is 3. The second-order valence-electron chi connectivity index (χ2n) is 6.39. The van der Waals surface area contributed by atoms with Crippen LogP contribution < -0.4 is 10.2 Å². The molecule has 1 N–H and O–H groups in total. The normalized spacial score (nSPS) is 10.3. The molecule has 0 saturated carbocycles. The Morgan fingerprint density at radius 2 is 1.62 bits per heavy atom. The molecule has 0 fully saturated rings. The van der Waals surface area contributed by atoms with E-state index in [1.54, 1.807) is 24.3 Å². The number of anilines is 2. The molecule has 0 saturated heterocycles. The molecular weight excluding hydrogens is 328 g/mol. The number of hydrogen-bond acceptors (Lipinski definition) is 3. The molecule has 2 amide bonds. The summed E-state index contributed by atoms with van der Waals surface area (Å²) in [4.78, 5) is 37.1. The average molecular weight is 352 g/mol. The highest BCUT2D eigenvalue weighted by atomic mass is 16.2. The molecule has 2 aromatic rings. The molecule has 0 heterocycles. The number of benzene rings is 2. The third-order valence-electron chi connectivity index (χ3n) is 4.18. The zero-order valence-electron chi connectivity index (χ0n) is 15.6. The molecule has 0 unspecified atom stereocenters. The summed E-state index contributed by atoms with van der Waals surface area (Å²) in [5, 5.41) is 2.89. The third kappa shape index (κ3) is 5.02. The number of rotatable bonds is 6. The smallest absolute Gasteiger partial charge is 0.226 e. The van der Waals surface area contributed by atoms with Gasteiger partial charge in [0.2, 0.25) is 11.8 Å². The van der Waals surface area contributed by atoms with Gasteiger partial charge in [-0.3, -0.25) is 14.4 Å². The molecule has 0 aromatic heterocycles. The molecule has 0 aliphatic carbocycles. The lowest BCUT2D eigenvalue weighted by Gasteiger charge is -2.21. The van der Waals surface area contributed by atoms with Crippen LogP contribution in [0.15, 0.2) is 42.5 Å². The summed E-state index contributed by atoms with van der Waals surface area (Å²) in [7, 11) is 0. The van der Waals surface area contributed by atoms with Crippen LogP contribution in [0.1, 0.15) is 41.8 Å². The first-order chi connectivity index (χ1) is 12.3. The lowest BCUT2D eigenvalue weighted by Crippen LogP contribution is -2.32. The summed E-state index contributed by atoms with van der Waals surface area (Å²) < 4.78 is 0. The third-order valence-corrected chi connectivity index (χ3v) is 4.18. The second kappa shape index (κ2) is 8.43. The molecule has 26 heavy (non-hydrogen) atoms. The number of carbonyl (C=O) groups is 3. The van der Waals surface area contributed by atoms with E-state index in [9.17, 15) is 14.4 Å². The van der Waals surface area contributed by atoms with E-state index in [-0.39, 0.29) is 30.6 Å². The number of hydrogen-bond donors (Lipinski definition) is 1. The fourth-order valence-electron chi connectivity index (χ4n) is 2.72. The van der Waals surface area contributed by atoms with E-state index >= 15 is 0 Å². The highest BCUT2D eigenvalue weighted by Crippen LogP contribution is 2.18. The average Bonchev–Trinajstić information content (AvgIpc) is 2.57. The maximum atomic E-state index is 12.3. The van der Waals surface area contributed by atoms with Crippen molar-refractivity contribution in [2.75, 3.05) is 16.8 Å². The minimum Gasteiger partial charge on any atom is -0.326 e. The van der Waals surface area contributed by atoms with E-state index in [4.69, 9.17) is 0 Å². The first kappa shape index (κ1) is 19.4. The van der Waals surface area contributed by atoms with E-state index < -0.39 is 0 Å². The fraction of sp³-hybridized carbons (Fsp3) is 0.286. The van der Waals surface area contributed by atoms with E-state index in [2.05, 4.69) is 5.32 Å². The Bertz CT molecular complexity index is 826. The van der Waals surface area contributed by atoms with Crippen molar-refractivity contribution in [2.45, 2.75) is 34.1 Å². The van der Waals surface area contributed by atoms with Gasteiger partial charge in [0, 0.05) is 36.8 Å². The fourth-order valence-corrected chi connectivity index (χ4v) is 2.72. The maximum absolute atomic E-state index is 12.3. The second-order valence-corrected chi connectivity index (χ2v) is 6.39. The van der Waals surface area contributed by atoms with Crippen LogP contribution in [-0.2, 0) is 9.59 Å². The molecule has 136 valence electrons. The van der Waals surface area contributed by atoms with Gasteiger partial charge in [0.05, 0.1) is 0 Å². The van der Waals surface area contributed by atoms with Crippen molar-refractivity contribution >= 4 is 29.0 Å². The topological polar surface area (TPSA) is 66.5 Å². The number of nitrogens with zero attached hydrogens (tertiary/aromatic N) is 1. The molecule has 5 heteroatoms. The van der Waals surface area contributed by atoms with Crippen LogP contribution >= 0.6 is 0 Å². The molecule has 0 spiro atoms. The van der Waals surface area contributed by atoms with Gasteiger partial charge in [0.25, 0.3) is 0 Å². The minimum absolute atomic E-state index is 0.0289. The first-order valence-corrected chi connectivity index (χ1v) is 8.54. The van der Waals surface area contributed by atoms with Crippen LogP contribution in [0.3, 0.4) is 0 Å². The number of amides is 2. The van der Waals surface area contributed by atoms with Gasteiger partial charge in [0.1, 0.15) is 0 Å². The van der Waals surface area contributed by atoms with Crippen molar-refractivity contribution in [1.82, 2.24) is 0 Å². The maximum Gasteiger partial charge on any atom is 0.226 e. The van der Waals surface area contributed by atoms with Gasteiger partial charge in [-0.05, 0) is 56.7 Å². The van der Waals surface area contributed by atoms with E-state index in [0.29, 0.717) is 11.3 Å². The largest absolute Gasteiger partial charge is 0.326 e. The van der Waals surface area contributed by atoms with E-state index in [0.717, 1.165) is 16.8 Å². The Kier molecular flexibility index (Phi) is 6.28. The van der Waals surface area contributed by atoms with Crippen molar-refractivity contribution in [3.05, 3.63) is 59.2 Å². The number of nitrogens with one attached hydrogen (secondary N) is 1. The number of ketones is 1. The molecule has 2 rings (SSSR count). The Hall–Kier alpha value is -2.95. The summed E-state index contributed by atoms with van der Waals surface area (Å²) in [5.74, 6) is -0.331. The van der Waals surface area contributed by atoms with Crippen LogP contribution in [-0.4, -0.2) is 24.1 Å². The molecule has 2 aromatic carbocycles. The minimum atomic E-state index is -0.153. The molecule has 0 aliphatic heterocycles. The molecule has 5 nitrogen and oxygen atoms in total. The zero-order valence-corrected chi connectivity index (χ0v) is 15.6. The van der Waals surface area contributed by atoms with Gasteiger partial charge in [-0.15, -0.1) is 0 Å². The summed E-state index contributed by atoms with van der Waals surface area (Å²) in [6.45, 7) is 7.17. The van der Waals surface area contributed by atoms with Gasteiger partial charge in [0.15, 0.2) is 5.78 Å². The van der Waals surface area contributed by atoms with Crippen LogP contribution in [0.4, 0.5) is 11.4 Å². The summed E-state index contributed by atoms with van der Waals surface area (Å²) >= 11 is 0.